The Morgan fingerprint density at radius 2 is 1.94 bits per heavy atom. The summed E-state index contributed by atoms with van der Waals surface area (Å²) in [5.74, 6) is 0. The van der Waals surface area contributed by atoms with Crippen LogP contribution >= 0.6 is 0 Å². The number of alkyl carbamates (subject to hydrolysis) is 1. The van der Waals surface area contributed by atoms with Gasteiger partial charge in [0.15, 0.2) is 0 Å². The molecule has 4 nitrogen and oxygen atoms in total. The fourth-order valence-electron chi connectivity index (χ4n) is 2.07. The molecule has 1 N–H and O–H groups in total. The van der Waals surface area contributed by atoms with E-state index in [1.807, 2.05) is 19.0 Å². The number of hydrogen-bond acceptors (Lipinski definition) is 3. The molecule has 0 aromatic carbocycles. The van der Waals surface area contributed by atoms with Crippen molar-refractivity contribution in [3.63, 3.8) is 0 Å². The van der Waals surface area contributed by atoms with E-state index in [4.69, 9.17) is 4.74 Å². The molecule has 0 radical (unpaired) electrons. The Morgan fingerprint density at radius 3 is 2.47 bits per heavy atom. The fraction of sp³-hybridized carbons (Fsp3) is 0.923. The van der Waals surface area contributed by atoms with E-state index in [9.17, 15) is 4.79 Å². The second-order valence-electron chi connectivity index (χ2n) is 6.02. The fourth-order valence-corrected chi connectivity index (χ4v) is 2.07. The van der Waals surface area contributed by atoms with Gasteiger partial charge >= 0.3 is 6.09 Å². The Bertz CT molecular complexity index is 242. The maximum absolute atomic E-state index is 11.5. The lowest BCUT2D eigenvalue weighted by atomic mass is 9.76. The molecule has 0 aromatic rings. The lowest BCUT2D eigenvalue weighted by molar-refractivity contribution is 0.124. The number of carbonyl (C=O) groups is 1. The largest absolute Gasteiger partial charge is 0.448 e. The number of amides is 1. The molecule has 1 amide bonds. The Morgan fingerprint density at radius 1 is 1.35 bits per heavy atom. The molecule has 4 heteroatoms. The average molecular weight is 242 g/mol. The van der Waals surface area contributed by atoms with Crippen LogP contribution in [-0.2, 0) is 4.74 Å². The lowest BCUT2D eigenvalue weighted by Gasteiger charge is -2.34. The van der Waals surface area contributed by atoms with Crippen LogP contribution in [0.3, 0.4) is 0 Å². The summed E-state index contributed by atoms with van der Waals surface area (Å²) in [7, 11) is 3.93. The van der Waals surface area contributed by atoms with Gasteiger partial charge in [-0.1, -0.05) is 13.8 Å². The van der Waals surface area contributed by atoms with Gasteiger partial charge in [0.05, 0.1) is 0 Å². The van der Waals surface area contributed by atoms with Gasteiger partial charge in [0.25, 0.3) is 0 Å². The van der Waals surface area contributed by atoms with E-state index < -0.39 is 0 Å². The topological polar surface area (TPSA) is 41.6 Å². The molecule has 0 spiro atoms. The van der Waals surface area contributed by atoms with Crippen molar-refractivity contribution in [1.29, 1.82) is 0 Å². The first-order chi connectivity index (χ1) is 7.89. The van der Waals surface area contributed by atoms with Gasteiger partial charge in [0.2, 0.25) is 0 Å². The molecule has 0 aromatic heterocycles. The number of rotatable bonds is 4. The van der Waals surface area contributed by atoms with Crippen molar-refractivity contribution in [2.75, 3.05) is 27.2 Å². The minimum absolute atomic E-state index is 0.267. The van der Waals surface area contributed by atoms with Crippen LogP contribution in [0.15, 0.2) is 0 Å². The SMILES string of the molecule is CN(C)CCOC(=O)NC1CCC(C)(C)CC1. The molecular weight excluding hydrogens is 216 g/mol. The van der Waals surface area contributed by atoms with Gasteiger partial charge < -0.3 is 15.0 Å². The number of nitrogens with one attached hydrogen (secondary N) is 1. The summed E-state index contributed by atoms with van der Waals surface area (Å²) < 4.78 is 5.12. The molecule has 1 aliphatic rings. The smallest absolute Gasteiger partial charge is 0.407 e. The third-order valence-corrected chi connectivity index (χ3v) is 3.43. The van der Waals surface area contributed by atoms with Crippen molar-refractivity contribution < 1.29 is 9.53 Å². The van der Waals surface area contributed by atoms with Crippen molar-refractivity contribution in [1.82, 2.24) is 10.2 Å². The number of ether oxygens (including phenoxy) is 1. The van der Waals surface area contributed by atoms with Crippen molar-refractivity contribution >= 4 is 6.09 Å². The minimum atomic E-state index is -0.267. The van der Waals surface area contributed by atoms with Crippen LogP contribution < -0.4 is 5.32 Å². The maximum Gasteiger partial charge on any atom is 0.407 e. The summed E-state index contributed by atoms with van der Waals surface area (Å²) in [6, 6.07) is 0.301. The first-order valence-electron chi connectivity index (χ1n) is 6.47. The average Bonchev–Trinajstić information content (AvgIpc) is 2.21. The third-order valence-electron chi connectivity index (χ3n) is 3.43. The number of carbonyl (C=O) groups excluding carboxylic acids is 1. The summed E-state index contributed by atoms with van der Waals surface area (Å²) in [6.45, 7) is 5.80. The van der Waals surface area contributed by atoms with E-state index in [2.05, 4.69) is 19.2 Å². The third kappa shape index (κ3) is 5.91. The maximum atomic E-state index is 11.5. The summed E-state index contributed by atoms with van der Waals surface area (Å²) in [4.78, 5) is 13.5. The van der Waals surface area contributed by atoms with E-state index in [-0.39, 0.29) is 6.09 Å². The molecule has 100 valence electrons. The predicted octanol–water partition coefficient (Wildman–Crippen LogP) is 2.24. The summed E-state index contributed by atoms with van der Waals surface area (Å²) in [5, 5.41) is 2.95. The van der Waals surface area contributed by atoms with E-state index in [1.165, 1.54) is 12.8 Å². The lowest BCUT2D eigenvalue weighted by Crippen LogP contribution is -2.40. The Kier molecular flexibility index (Phi) is 5.25. The molecular formula is C13H26N2O2. The minimum Gasteiger partial charge on any atom is -0.448 e. The van der Waals surface area contributed by atoms with Gasteiger partial charge in [-0.3, -0.25) is 0 Å². The van der Waals surface area contributed by atoms with Crippen molar-refractivity contribution in [2.24, 2.45) is 5.41 Å². The second-order valence-corrected chi connectivity index (χ2v) is 6.02. The molecule has 0 unspecified atom stereocenters. The van der Waals surface area contributed by atoms with Gasteiger partial charge in [-0.05, 0) is 45.2 Å². The molecule has 1 rings (SSSR count). The highest BCUT2D eigenvalue weighted by Crippen LogP contribution is 2.34. The van der Waals surface area contributed by atoms with Crippen LogP contribution in [0.2, 0.25) is 0 Å². The molecule has 1 fully saturated rings. The Balaban J connectivity index is 2.15. The zero-order chi connectivity index (χ0) is 12.9. The number of hydrogen-bond donors (Lipinski definition) is 1. The van der Waals surface area contributed by atoms with Gasteiger partial charge in [-0.2, -0.15) is 0 Å². The molecule has 17 heavy (non-hydrogen) atoms. The van der Waals surface area contributed by atoms with Crippen LogP contribution in [0.1, 0.15) is 39.5 Å². The van der Waals surface area contributed by atoms with E-state index >= 15 is 0 Å². The number of likely N-dealkylation sites (N-methyl/N-ethyl adjacent to an activating group) is 1. The monoisotopic (exact) mass is 242 g/mol. The van der Waals surface area contributed by atoms with E-state index in [0.717, 1.165) is 19.4 Å². The summed E-state index contributed by atoms with van der Waals surface area (Å²) in [6.07, 6.45) is 4.22. The Hall–Kier alpha value is -0.770. The number of nitrogens with zero attached hydrogens (tertiary/aromatic N) is 1. The normalized spacial score (nSPS) is 20.3. The predicted molar refractivity (Wildman–Crippen MR) is 69.1 cm³/mol. The van der Waals surface area contributed by atoms with Gasteiger partial charge in [-0.15, -0.1) is 0 Å². The molecule has 0 aliphatic heterocycles. The molecule has 0 bridgehead atoms. The van der Waals surface area contributed by atoms with Crippen LogP contribution in [0.25, 0.3) is 0 Å². The van der Waals surface area contributed by atoms with E-state index in [0.29, 0.717) is 18.1 Å². The molecule has 0 saturated heterocycles. The molecule has 1 saturated carbocycles. The van der Waals surface area contributed by atoms with Crippen LogP contribution in [-0.4, -0.2) is 44.3 Å². The highest BCUT2D eigenvalue weighted by atomic mass is 16.5. The Labute approximate surface area is 105 Å². The van der Waals surface area contributed by atoms with Crippen LogP contribution in [0.4, 0.5) is 4.79 Å². The first kappa shape index (κ1) is 14.3. The van der Waals surface area contributed by atoms with Gasteiger partial charge in [0, 0.05) is 12.6 Å². The highest BCUT2D eigenvalue weighted by Gasteiger charge is 2.27. The van der Waals surface area contributed by atoms with Crippen molar-refractivity contribution in [3.05, 3.63) is 0 Å². The molecule has 0 heterocycles. The second kappa shape index (κ2) is 6.24. The van der Waals surface area contributed by atoms with Crippen molar-refractivity contribution in [3.8, 4) is 0 Å². The molecule has 1 aliphatic carbocycles. The molecule has 0 atom stereocenters. The van der Waals surface area contributed by atoms with Crippen LogP contribution in [0.5, 0.6) is 0 Å². The van der Waals surface area contributed by atoms with Gasteiger partial charge in [-0.25, -0.2) is 4.79 Å². The van der Waals surface area contributed by atoms with Gasteiger partial charge in [0.1, 0.15) is 6.61 Å². The quantitative estimate of drug-likeness (QED) is 0.822. The zero-order valence-corrected chi connectivity index (χ0v) is 11.6. The van der Waals surface area contributed by atoms with E-state index in [1.54, 1.807) is 0 Å². The van der Waals surface area contributed by atoms with Crippen molar-refractivity contribution in [2.45, 2.75) is 45.6 Å². The standard InChI is InChI=1S/C13H26N2O2/c1-13(2)7-5-11(6-8-13)14-12(16)17-10-9-15(3)4/h11H,5-10H2,1-4H3,(H,14,16). The first-order valence-corrected chi connectivity index (χ1v) is 6.47. The van der Waals surface area contributed by atoms with Crippen LogP contribution in [0, 0.1) is 5.41 Å². The summed E-state index contributed by atoms with van der Waals surface area (Å²) in [5.41, 5.74) is 0.438. The summed E-state index contributed by atoms with van der Waals surface area (Å²) >= 11 is 0. The highest BCUT2D eigenvalue weighted by molar-refractivity contribution is 5.67. The zero-order valence-electron chi connectivity index (χ0n) is 11.6.